The highest BCUT2D eigenvalue weighted by Crippen LogP contribution is 2.43. The van der Waals surface area contributed by atoms with Gasteiger partial charge in [0.15, 0.2) is 5.82 Å². The van der Waals surface area contributed by atoms with Crippen LogP contribution in [0.1, 0.15) is 18.4 Å². The minimum Gasteiger partial charge on any atom is -0.491 e. The van der Waals surface area contributed by atoms with E-state index in [1.165, 1.54) is 29.3 Å². The number of fused-ring (bicyclic) bond motifs is 4. The van der Waals surface area contributed by atoms with Gasteiger partial charge in [0.1, 0.15) is 24.3 Å². The average molecular weight is 564 g/mol. The Morgan fingerprint density at radius 3 is 2.85 bits per heavy atom. The SMILES string of the molecule is O=C(Nc1cc(OC[C@H](O)CO)ccn1)N1c2nc(-c3cccc(C(F)(F)F)c3)c(Cl)cc2N2CCC[C@H]1C2. The molecule has 4 heterocycles. The van der Waals surface area contributed by atoms with Crippen LogP contribution in [0.25, 0.3) is 11.3 Å². The van der Waals surface area contributed by atoms with E-state index >= 15 is 0 Å². The molecular formula is C26H25ClF3N5O4. The molecule has 0 spiro atoms. The van der Waals surface area contributed by atoms with E-state index in [4.69, 9.17) is 21.4 Å². The number of nitrogens with one attached hydrogen (secondary N) is 1. The fourth-order valence-corrected chi connectivity index (χ4v) is 4.98. The standard InChI is InChI=1S/C26H25ClF3N5O4/c27-20-11-21-24(33-23(20)15-3-1-4-16(9-15)26(28,29)30)35(17-5-2-8-34(21)12-17)25(38)32-22-10-19(6-7-31-22)39-14-18(37)13-36/h1,3-4,6-7,9-11,17-18,36-37H,2,5,8,12-14H2,(H,31,32,38)/t17-,18+/m0/s1. The number of aromatic nitrogens is 2. The van der Waals surface area contributed by atoms with Crippen LogP contribution in [-0.4, -0.2) is 64.7 Å². The molecule has 2 atom stereocenters. The molecule has 2 aliphatic heterocycles. The van der Waals surface area contributed by atoms with E-state index in [9.17, 15) is 23.1 Å². The van der Waals surface area contributed by atoms with Gasteiger partial charge in [-0.15, -0.1) is 0 Å². The maximum Gasteiger partial charge on any atom is 0.416 e. The van der Waals surface area contributed by atoms with E-state index in [0.717, 1.165) is 25.1 Å². The van der Waals surface area contributed by atoms with Crippen molar-refractivity contribution in [2.24, 2.45) is 0 Å². The second-order valence-electron chi connectivity index (χ2n) is 9.31. The number of carbonyl (C=O) groups excluding carboxylic acids is 1. The van der Waals surface area contributed by atoms with E-state index in [0.29, 0.717) is 30.2 Å². The zero-order chi connectivity index (χ0) is 27.7. The molecule has 3 aromatic rings. The second-order valence-corrected chi connectivity index (χ2v) is 9.71. The Hall–Kier alpha value is -3.61. The fourth-order valence-electron chi connectivity index (χ4n) is 4.73. The number of ether oxygens (including phenoxy) is 1. The first-order valence-electron chi connectivity index (χ1n) is 12.2. The number of aliphatic hydroxyl groups is 2. The molecule has 2 amide bonds. The van der Waals surface area contributed by atoms with Gasteiger partial charge >= 0.3 is 12.2 Å². The van der Waals surface area contributed by atoms with Crippen molar-refractivity contribution in [2.75, 3.05) is 41.4 Å². The van der Waals surface area contributed by atoms with Gasteiger partial charge in [-0.05, 0) is 37.1 Å². The summed E-state index contributed by atoms with van der Waals surface area (Å²) in [5.74, 6) is 0.800. The van der Waals surface area contributed by atoms with Gasteiger partial charge in [0.25, 0.3) is 0 Å². The monoisotopic (exact) mass is 563 g/mol. The molecule has 0 aliphatic carbocycles. The highest BCUT2D eigenvalue weighted by atomic mass is 35.5. The van der Waals surface area contributed by atoms with Crippen molar-refractivity contribution in [1.29, 1.82) is 0 Å². The highest BCUT2D eigenvalue weighted by molar-refractivity contribution is 6.33. The smallest absolute Gasteiger partial charge is 0.416 e. The van der Waals surface area contributed by atoms with Gasteiger partial charge in [-0.2, -0.15) is 13.2 Å². The van der Waals surface area contributed by atoms with Gasteiger partial charge in [0, 0.05) is 30.9 Å². The van der Waals surface area contributed by atoms with Crippen molar-refractivity contribution in [3.05, 3.63) is 59.2 Å². The number of halogens is 4. The topological polar surface area (TPSA) is 111 Å². The van der Waals surface area contributed by atoms with Gasteiger partial charge in [-0.3, -0.25) is 10.2 Å². The Balaban J connectivity index is 1.48. The van der Waals surface area contributed by atoms with E-state index in [-0.39, 0.29) is 34.7 Å². The van der Waals surface area contributed by atoms with Crippen molar-refractivity contribution < 1.29 is 32.9 Å². The number of aliphatic hydroxyl groups excluding tert-OH is 2. The summed E-state index contributed by atoms with van der Waals surface area (Å²) in [7, 11) is 0. The van der Waals surface area contributed by atoms with Crippen molar-refractivity contribution in [3.8, 4) is 17.0 Å². The number of benzene rings is 1. The summed E-state index contributed by atoms with van der Waals surface area (Å²) in [5.41, 5.74) is 0.104. The minimum absolute atomic E-state index is 0.136. The molecule has 206 valence electrons. The molecule has 1 fully saturated rings. The molecule has 1 saturated heterocycles. The predicted molar refractivity (Wildman–Crippen MR) is 139 cm³/mol. The van der Waals surface area contributed by atoms with E-state index < -0.39 is 30.5 Å². The number of alkyl halides is 3. The molecule has 2 aliphatic rings. The summed E-state index contributed by atoms with van der Waals surface area (Å²) in [6, 6.07) is 8.65. The first-order chi connectivity index (χ1) is 18.6. The number of carbonyl (C=O) groups is 1. The number of piperidine rings is 1. The van der Waals surface area contributed by atoms with E-state index in [1.807, 2.05) is 0 Å². The Labute approximate surface area is 226 Å². The van der Waals surface area contributed by atoms with Crippen LogP contribution in [0, 0.1) is 0 Å². The van der Waals surface area contributed by atoms with Crippen molar-refractivity contribution in [3.63, 3.8) is 0 Å². The Bertz CT molecular complexity index is 1380. The van der Waals surface area contributed by atoms with Gasteiger partial charge in [0.2, 0.25) is 0 Å². The number of rotatable bonds is 6. The number of urea groups is 1. The molecule has 0 radical (unpaired) electrons. The minimum atomic E-state index is -4.53. The summed E-state index contributed by atoms with van der Waals surface area (Å²) < 4.78 is 45.5. The number of amides is 2. The normalized spacial score (nSPS) is 17.4. The number of anilines is 3. The van der Waals surface area contributed by atoms with Crippen LogP contribution in [0.15, 0.2) is 48.7 Å². The number of hydrogen-bond acceptors (Lipinski definition) is 7. The molecule has 2 bridgehead atoms. The quantitative estimate of drug-likeness (QED) is 0.403. The largest absolute Gasteiger partial charge is 0.491 e. The lowest BCUT2D eigenvalue weighted by Crippen LogP contribution is -2.56. The molecule has 3 N–H and O–H groups in total. The summed E-state index contributed by atoms with van der Waals surface area (Å²) in [6.07, 6.45) is -2.63. The summed E-state index contributed by atoms with van der Waals surface area (Å²) >= 11 is 6.53. The maximum absolute atomic E-state index is 13.6. The van der Waals surface area contributed by atoms with Gasteiger partial charge < -0.3 is 19.8 Å². The maximum atomic E-state index is 13.6. The first-order valence-corrected chi connectivity index (χ1v) is 12.6. The second kappa shape index (κ2) is 10.9. The van der Waals surface area contributed by atoms with Crippen LogP contribution in [0.4, 0.5) is 35.3 Å². The van der Waals surface area contributed by atoms with E-state index in [2.05, 4.69) is 20.2 Å². The fraction of sp³-hybridized carbons (Fsp3) is 0.346. The molecular weight excluding hydrogens is 539 g/mol. The molecule has 0 unspecified atom stereocenters. The van der Waals surface area contributed by atoms with Crippen molar-refractivity contribution in [1.82, 2.24) is 9.97 Å². The van der Waals surface area contributed by atoms with Crippen LogP contribution in [0.5, 0.6) is 5.75 Å². The van der Waals surface area contributed by atoms with Crippen LogP contribution < -0.4 is 19.9 Å². The third-order valence-corrected chi connectivity index (χ3v) is 6.86. The van der Waals surface area contributed by atoms with Crippen molar-refractivity contribution in [2.45, 2.75) is 31.2 Å². The number of hydrogen-bond donors (Lipinski definition) is 3. The number of nitrogens with zero attached hydrogens (tertiary/aromatic N) is 4. The van der Waals surface area contributed by atoms with Gasteiger partial charge in [0.05, 0.1) is 34.6 Å². The summed E-state index contributed by atoms with van der Waals surface area (Å²) in [4.78, 5) is 26.0. The summed E-state index contributed by atoms with van der Waals surface area (Å²) in [6.45, 7) is 0.687. The molecule has 2 aromatic heterocycles. The predicted octanol–water partition coefficient (Wildman–Crippen LogP) is 4.57. The Morgan fingerprint density at radius 1 is 1.26 bits per heavy atom. The van der Waals surface area contributed by atoms with Gasteiger partial charge in [-0.25, -0.2) is 14.8 Å². The van der Waals surface area contributed by atoms with Gasteiger partial charge in [-0.1, -0.05) is 23.7 Å². The Kier molecular flexibility index (Phi) is 7.52. The first kappa shape index (κ1) is 27.0. The third-order valence-electron chi connectivity index (χ3n) is 6.57. The zero-order valence-corrected chi connectivity index (χ0v) is 21.3. The third kappa shape index (κ3) is 5.72. The van der Waals surface area contributed by atoms with Crippen LogP contribution in [0.2, 0.25) is 5.02 Å². The molecule has 9 nitrogen and oxygen atoms in total. The molecule has 0 saturated carbocycles. The zero-order valence-electron chi connectivity index (χ0n) is 20.5. The van der Waals surface area contributed by atoms with Crippen LogP contribution in [0.3, 0.4) is 0 Å². The molecule has 39 heavy (non-hydrogen) atoms. The van der Waals surface area contributed by atoms with E-state index in [1.54, 1.807) is 12.1 Å². The lowest BCUT2D eigenvalue weighted by atomic mass is 9.99. The average Bonchev–Trinajstić information content (AvgIpc) is 2.92. The van der Waals surface area contributed by atoms with Crippen LogP contribution >= 0.6 is 11.6 Å². The molecule has 1 aromatic carbocycles. The Morgan fingerprint density at radius 2 is 2.08 bits per heavy atom. The lowest BCUT2D eigenvalue weighted by Gasteiger charge is -2.46. The summed E-state index contributed by atoms with van der Waals surface area (Å²) in [5, 5.41) is 21.4. The van der Waals surface area contributed by atoms with Crippen molar-refractivity contribution >= 4 is 35.0 Å². The van der Waals surface area contributed by atoms with Crippen LogP contribution in [-0.2, 0) is 6.18 Å². The lowest BCUT2D eigenvalue weighted by molar-refractivity contribution is -0.137. The molecule has 13 heteroatoms. The highest BCUT2D eigenvalue weighted by Gasteiger charge is 2.39. The number of pyridine rings is 2. The molecule has 5 rings (SSSR count).